The maximum atomic E-state index is 6.78. The molecule has 0 spiro atoms. The van der Waals surface area contributed by atoms with Gasteiger partial charge in [0.25, 0.3) is 0 Å². The highest BCUT2D eigenvalue weighted by Gasteiger charge is 2.29. The fourth-order valence-corrected chi connectivity index (χ4v) is 7.95. The fourth-order valence-electron chi connectivity index (χ4n) is 6.69. The average molecular weight is 565 g/mol. The van der Waals surface area contributed by atoms with E-state index in [1.807, 2.05) is 11.8 Å². The lowest BCUT2D eigenvalue weighted by molar-refractivity contribution is 0.410. The van der Waals surface area contributed by atoms with Gasteiger partial charge in [-0.15, -0.1) is 0 Å². The number of fused-ring (bicyclic) bond motifs is 5. The Morgan fingerprint density at radius 3 is 2.05 bits per heavy atom. The summed E-state index contributed by atoms with van der Waals surface area (Å²) in [5, 5.41) is 7.21. The van der Waals surface area contributed by atoms with Gasteiger partial charge in [-0.05, 0) is 96.9 Å². The van der Waals surface area contributed by atoms with Gasteiger partial charge < -0.3 is 0 Å². The molecule has 0 amide bonds. The van der Waals surface area contributed by atoms with Crippen molar-refractivity contribution in [1.29, 1.82) is 0 Å². The monoisotopic (exact) mass is 565 g/mol. The van der Waals surface area contributed by atoms with Crippen molar-refractivity contribution in [3.05, 3.63) is 65.2 Å². The van der Waals surface area contributed by atoms with Gasteiger partial charge in [0.15, 0.2) is 0 Å². The standard InChI is InChI=1S/C38H41B2NS/c1-36(2,3)18-21-13-14-24-23(15-21)16-27-33-31-29(42-34(27)28(24)20-38(7,8)9)17-26-22(19-37(4,5)6)11-10-12-25(26)30(31)32(39)35(40)41-33/h10-17H,18-20H2,1-9H3. The van der Waals surface area contributed by atoms with Gasteiger partial charge in [-0.2, -0.15) is 0 Å². The van der Waals surface area contributed by atoms with E-state index in [1.54, 1.807) is 0 Å². The fraction of sp³-hybridized carbons (Fsp3) is 0.395. The summed E-state index contributed by atoms with van der Waals surface area (Å²) in [5.41, 5.74) is 7.76. The number of nitrogens with zero attached hydrogens (tertiary/aromatic N) is 1. The molecule has 1 nitrogen and oxygen atoms in total. The van der Waals surface area contributed by atoms with Crippen molar-refractivity contribution in [2.45, 2.75) is 91.4 Å². The SMILES string of the molecule is [B]c1nc2c3c(cc4c(CC(C)(C)C)cccc4c3c1[B])Sc1c-2cc2cc(CC(C)(C)C)ccc2c1CC(C)(C)C. The van der Waals surface area contributed by atoms with Crippen LogP contribution in [0.2, 0.25) is 0 Å². The molecule has 5 aromatic rings. The third-order valence-corrected chi connectivity index (χ3v) is 9.35. The van der Waals surface area contributed by atoms with E-state index in [2.05, 4.69) is 111 Å². The molecular weight excluding hydrogens is 524 g/mol. The van der Waals surface area contributed by atoms with Gasteiger partial charge in [0, 0.05) is 20.7 Å². The van der Waals surface area contributed by atoms with Crippen LogP contribution in [0, 0.1) is 16.2 Å². The predicted octanol–water partition coefficient (Wildman–Crippen LogP) is 9.03. The molecule has 4 heteroatoms. The Bertz CT molecular complexity index is 1900. The molecule has 0 saturated carbocycles. The molecule has 4 radical (unpaired) electrons. The molecule has 0 atom stereocenters. The number of hydrogen-bond acceptors (Lipinski definition) is 2. The van der Waals surface area contributed by atoms with Gasteiger partial charge in [0.1, 0.15) is 15.7 Å². The van der Waals surface area contributed by atoms with Crippen LogP contribution in [-0.4, -0.2) is 20.7 Å². The van der Waals surface area contributed by atoms with Crippen LogP contribution < -0.4 is 11.1 Å². The topological polar surface area (TPSA) is 12.9 Å². The summed E-state index contributed by atoms with van der Waals surface area (Å²) in [5.74, 6) is 0. The average Bonchev–Trinajstić information content (AvgIpc) is 2.84. The first kappa shape index (κ1) is 29.4. The first-order chi connectivity index (χ1) is 19.5. The molecule has 1 aromatic heterocycles. The van der Waals surface area contributed by atoms with Gasteiger partial charge in [0.2, 0.25) is 0 Å². The molecule has 42 heavy (non-hydrogen) atoms. The summed E-state index contributed by atoms with van der Waals surface area (Å²) in [4.78, 5) is 7.55. The van der Waals surface area contributed by atoms with E-state index in [-0.39, 0.29) is 16.2 Å². The van der Waals surface area contributed by atoms with Crippen molar-refractivity contribution in [3.8, 4) is 11.3 Å². The summed E-state index contributed by atoms with van der Waals surface area (Å²) in [6, 6.07) is 18.5. The summed E-state index contributed by atoms with van der Waals surface area (Å²) in [7, 11) is 13.4. The molecular formula is C38H41B2NS. The van der Waals surface area contributed by atoms with Gasteiger partial charge >= 0.3 is 0 Å². The van der Waals surface area contributed by atoms with Crippen LogP contribution in [0.3, 0.4) is 0 Å². The zero-order valence-corrected chi connectivity index (χ0v) is 27.6. The third-order valence-electron chi connectivity index (χ3n) is 8.14. The number of pyridine rings is 1. The van der Waals surface area contributed by atoms with Crippen LogP contribution in [0.15, 0.2) is 58.3 Å². The van der Waals surface area contributed by atoms with Gasteiger partial charge in [-0.25, -0.2) is 0 Å². The van der Waals surface area contributed by atoms with Crippen LogP contribution in [-0.2, 0) is 19.3 Å². The highest BCUT2D eigenvalue weighted by Crippen LogP contribution is 2.52. The largest absolute Gasteiger partial charge is 0.264 e. The van der Waals surface area contributed by atoms with Crippen LogP contribution in [0.1, 0.15) is 79.0 Å². The summed E-state index contributed by atoms with van der Waals surface area (Å²) in [6.07, 6.45) is 3.00. The lowest BCUT2D eigenvalue weighted by Gasteiger charge is -2.29. The zero-order chi connectivity index (χ0) is 30.4. The first-order valence-electron chi connectivity index (χ1n) is 15.2. The quantitative estimate of drug-likeness (QED) is 0.157. The van der Waals surface area contributed by atoms with Crippen LogP contribution in [0.4, 0.5) is 0 Å². The second-order valence-electron chi connectivity index (χ2n) is 16.0. The minimum atomic E-state index is 0.124. The molecule has 0 saturated heterocycles. The van der Waals surface area contributed by atoms with E-state index >= 15 is 0 Å². The van der Waals surface area contributed by atoms with Gasteiger partial charge in [0.05, 0.1) is 5.69 Å². The van der Waals surface area contributed by atoms with Crippen molar-refractivity contribution in [1.82, 2.24) is 4.98 Å². The maximum Gasteiger partial charge on any atom is 0.140 e. The molecule has 0 unspecified atom stereocenters. The minimum absolute atomic E-state index is 0.124. The Morgan fingerprint density at radius 1 is 0.690 bits per heavy atom. The molecule has 210 valence electrons. The van der Waals surface area contributed by atoms with Crippen molar-refractivity contribution >= 4 is 70.8 Å². The molecule has 4 aromatic carbocycles. The summed E-state index contributed by atoms with van der Waals surface area (Å²) in [6.45, 7) is 20.8. The minimum Gasteiger partial charge on any atom is -0.264 e. The highest BCUT2D eigenvalue weighted by atomic mass is 32.2. The maximum absolute atomic E-state index is 6.78. The molecule has 0 N–H and O–H groups in total. The molecule has 0 aliphatic carbocycles. The number of rotatable bonds is 3. The summed E-state index contributed by atoms with van der Waals surface area (Å²) < 4.78 is 0. The lowest BCUT2D eigenvalue weighted by Crippen LogP contribution is -2.31. The zero-order valence-electron chi connectivity index (χ0n) is 26.8. The van der Waals surface area contributed by atoms with Gasteiger partial charge in [-0.1, -0.05) is 116 Å². The predicted molar refractivity (Wildman–Crippen MR) is 187 cm³/mol. The molecule has 2 heterocycles. The van der Waals surface area contributed by atoms with Crippen LogP contribution >= 0.6 is 11.8 Å². The number of aromatic nitrogens is 1. The Kier molecular flexibility index (Phi) is 6.93. The Hall–Kier alpha value is -2.71. The third kappa shape index (κ3) is 5.41. The van der Waals surface area contributed by atoms with Crippen molar-refractivity contribution in [2.75, 3.05) is 0 Å². The van der Waals surface area contributed by atoms with E-state index in [0.717, 1.165) is 41.1 Å². The van der Waals surface area contributed by atoms with Crippen molar-refractivity contribution in [2.24, 2.45) is 16.2 Å². The van der Waals surface area contributed by atoms with Gasteiger partial charge in [-0.3, -0.25) is 4.98 Å². The molecule has 1 aliphatic heterocycles. The van der Waals surface area contributed by atoms with E-state index in [0.29, 0.717) is 11.1 Å². The number of hydrogen-bond donors (Lipinski definition) is 0. The molecule has 6 rings (SSSR count). The lowest BCUT2D eigenvalue weighted by atomic mass is 9.78. The Balaban J connectivity index is 1.71. The molecule has 0 fully saturated rings. The van der Waals surface area contributed by atoms with Crippen molar-refractivity contribution < 1.29 is 0 Å². The van der Waals surface area contributed by atoms with Crippen LogP contribution in [0.5, 0.6) is 0 Å². The summed E-state index contributed by atoms with van der Waals surface area (Å²) >= 11 is 1.89. The Labute approximate surface area is 259 Å². The van der Waals surface area contributed by atoms with E-state index in [9.17, 15) is 0 Å². The number of benzene rings is 4. The second kappa shape index (κ2) is 9.91. The highest BCUT2D eigenvalue weighted by molar-refractivity contribution is 8.00. The molecule has 1 aliphatic rings. The normalized spacial score (nSPS) is 13.7. The van der Waals surface area contributed by atoms with Crippen molar-refractivity contribution in [3.63, 3.8) is 0 Å². The van der Waals surface area contributed by atoms with Crippen LogP contribution in [0.25, 0.3) is 43.6 Å². The molecule has 0 bridgehead atoms. The van der Waals surface area contributed by atoms with E-state index < -0.39 is 0 Å². The first-order valence-corrected chi connectivity index (χ1v) is 16.0. The smallest absolute Gasteiger partial charge is 0.140 e. The van der Waals surface area contributed by atoms with E-state index in [4.69, 9.17) is 20.7 Å². The van der Waals surface area contributed by atoms with E-state index in [1.165, 1.54) is 48.2 Å². The Morgan fingerprint density at radius 2 is 1.38 bits per heavy atom. The second-order valence-corrected chi connectivity index (χ2v) is 17.1.